The van der Waals surface area contributed by atoms with Crippen LogP contribution in [0.5, 0.6) is 0 Å². The lowest BCUT2D eigenvalue weighted by Crippen LogP contribution is -2.52. The van der Waals surface area contributed by atoms with Gasteiger partial charge >= 0.3 is 0 Å². The van der Waals surface area contributed by atoms with Crippen LogP contribution in [0.1, 0.15) is 200 Å². The van der Waals surface area contributed by atoms with E-state index in [-0.39, 0.29) is 7.43 Å². The van der Waals surface area contributed by atoms with Gasteiger partial charge in [-0.05, 0) is 118 Å². The SMILES string of the molecule is C.C#C.C#C.C#C.CC.CC.CC1CCCC2C1=CCC1C3CCC(CCCCC(C)(C)O)C3(C)CCC21C.CCCCC(C)CCC. The lowest BCUT2D eigenvalue weighted by molar-refractivity contribution is -0.0754. The van der Waals surface area contributed by atoms with Gasteiger partial charge in [0.25, 0.3) is 0 Å². The molecular weight excluding hydrogens is 581 g/mol. The van der Waals surface area contributed by atoms with Gasteiger partial charge in [-0.2, -0.15) is 0 Å². The highest BCUT2D eigenvalue weighted by Crippen LogP contribution is 2.68. The average Bonchev–Trinajstić information content (AvgIpc) is 3.43. The van der Waals surface area contributed by atoms with Crippen LogP contribution in [0.2, 0.25) is 0 Å². The van der Waals surface area contributed by atoms with Crippen LogP contribution in [0.3, 0.4) is 0 Å². The zero-order chi connectivity index (χ0) is 37.3. The quantitative estimate of drug-likeness (QED) is 0.139. The zero-order valence-electron chi connectivity index (χ0n) is 34.0. The van der Waals surface area contributed by atoms with E-state index >= 15 is 0 Å². The van der Waals surface area contributed by atoms with Crippen LogP contribution in [0.15, 0.2) is 11.6 Å². The van der Waals surface area contributed by atoms with Gasteiger partial charge in [0.1, 0.15) is 0 Å². The Kier molecular flexibility index (Phi) is 32.3. The number of unbranched alkanes of at least 4 members (excludes halogenated alkanes) is 2. The molecule has 8 atom stereocenters. The molecule has 0 aromatic heterocycles. The Balaban J connectivity index is -0.000000410. The highest BCUT2D eigenvalue weighted by Gasteiger charge is 2.59. The Labute approximate surface area is 306 Å². The first-order valence-corrected chi connectivity index (χ1v) is 19.9. The maximum absolute atomic E-state index is 10.0. The van der Waals surface area contributed by atoms with E-state index in [1.165, 1.54) is 103 Å². The third-order valence-electron chi connectivity index (χ3n) is 12.1. The van der Waals surface area contributed by atoms with Crippen molar-refractivity contribution in [2.75, 3.05) is 0 Å². The molecule has 8 unspecified atom stereocenters. The van der Waals surface area contributed by atoms with Gasteiger partial charge < -0.3 is 5.11 Å². The van der Waals surface area contributed by atoms with Crippen molar-refractivity contribution in [3.05, 3.63) is 11.6 Å². The number of allylic oxidation sites excluding steroid dienone is 2. The van der Waals surface area contributed by atoms with E-state index in [1.54, 1.807) is 0 Å². The van der Waals surface area contributed by atoms with Crippen molar-refractivity contribution in [3.63, 3.8) is 0 Å². The molecule has 0 aromatic rings. The molecule has 3 saturated carbocycles. The highest BCUT2D eigenvalue weighted by molar-refractivity contribution is 5.24. The smallest absolute Gasteiger partial charge is 0.0591 e. The summed E-state index contributed by atoms with van der Waals surface area (Å²) in [6.45, 7) is 26.7. The third-order valence-corrected chi connectivity index (χ3v) is 12.1. The Hall–Kier alpha value is -1.62. The third kappa shape index (κ3) is 15.9. The zero-order valence-corrected chi connectivity index (χ0v) is 34.0. The topological polar surface area (TPSA) is 20.2 Å². The molecule has 0 radical (unpaired) electrons. The maximum Gasteiger partial charge on any atom is 0.0591 e. The van der Waals surface area contributed by atoms with Crippen LogP contribution in [0.25, 0.3) is 0 Å². The minimum absolute atomic E-state index is 0. The van der Waals surface area contributed by atoms with Crippen LogP contribution < -0.4 is 0 Å². The lowest BCUT2D eigenvalue weighted by Gasteiger charge is -2.60. The van der Waals surface area contributed by atoms with Gasteiger partial charge in [0, 0.05) is 0 Å². The Morgan fingerprint density at radius 1 is 0.792 bits per heavy atom. The van der Waals surface area contributed by atoms with Gasteiger partial charge in [-0.15, -0.1) is 38.5 Å². The van der Waals surface area contributed by atoms with Crippen molar-refractivity contribution in [3.8, 4) is 38.5 Å². The molecule has 0 heterocycles. The molecule has 282 valence electrons. The molecule has 0 aliphatic heterocycles. The number of hydrogen-bond acceptors (Lipinski definition) is 1. The van der Waals surface area contributed by atoms with E-state index < -0.39 is 5.60 Å². The minimum Gasteiger partial charge on any atom is -0.390 e. The first kappa shape index (κ1) is 53.2. The molecule has 1 heteroatoms. The summed E-state index contributed by atoms with van der Waals surface area (Å²) in [4.78, 5) is 0. The average molecular weight is 669 g/mol. The number of fused-ring (bicyclic) bond motifs is 5. The van der Waals surface area contributed by atoms with Gasteiger partial charge in [0.2, 0.25) is 0 Å². The van der Waals surface area contributed by atoms with Crippen LogP contribution in [-0.4, -0.2) is 10.7 Å². The largest absolute Gasteiger partial charge is 0.390 e. The molecule has 4 rings (SSSR count). The molecule has 3 fully saturated rings. The highest BCUT2D eigenvalue weighted by atomic mass is 16.3. The summed E-state index contributed by atoms with van der Waals surface area (Å²) < 4.78 is 0. The predicted molar refractivity (Wildman–Crippen MR) is 222 cm³/mol. The molecule has 0 amide bonds. The van der Waals surface area contributed by atoms with Gasteiger partial charge in [-0.1, -0.05) is 140 Å². The van der Waals surface area contributed by atoms with Crippen LogP contribution in [0, 0.1) is 84.9 Å². The van der Waals surface area contributed by atoms with E-state index in [0.717, 1.165) is 41.9 Å². The van der Waals surface area contributed by atoms with Gasteiger partial charge in [-0.3, -0.25) is 0 Å². The van der Waals surface area contributed by atoms with Crippen molar-refractivity contribution < 1.29 is 5.11 Å². The van der Waals surface area contributed by atoms with Gasteiger partial charge in [-0.25, -0.2) is 0 Å². The summed E-state index contributed by atoms with van der Waals surface area (Å²) in [6, 6.07) is 0. The van der Waals surface area contributed by atoms with Crippen molar-refractivity contribution in [1.82, 2.24) is 0 Å². The molecular formula is C47H88O. The molecule has 48 heavy (non-hydrogen) atoms. The van der Waals surface area contributed by atoms with Crippen LogP contribution in [0.4, 0.5) is 0 Å². The van der Waals surface area contributed by atoms with Crippen molar-refractivity contribution in [1.29, 1.82) is 0 Å². The summed E-state index contributed by atoms with van der Waals surface area (Å²) >= 11 is 0. The molecule has 1 nitrogen and oxygen atoms in total. The Morgan fingerprint density at radius 2 is 1.35 bits per heavy atom. The number of rotatable bonds is 10. The summed E-state index contributed by atoms with van der Waals surface area (Å²) in [7, 11) is 0. The second kappa shape index (κ2) is 29.1. The van der Waals surface area contributed by atoms with E-state index in [0.29, 0.717) is 10.8 Å². The summed E-state index contributed by atoms with van der Waals surface area (Å²) in [6.07, 6.45) is 50.2. The van der Waals surface area contributed by atoms with Crippen molar-refractivity contribution in [2.24, 2.45) is 46.3 Å². The van der Waals surface area contributed by atoms with E-state index in [1.807, 2.05) is 47.1 Å². The number of terminal acetylenes is 3. The molecule has 0 spiro atoms. The normalized spacial score (nSPS) is 29.6. The predicted octanol–water partition coefficient (Wildman–Crippen LogP) is 14.6. The molecule has 0 saturated heterocycles. The Bertz CT molecular complexity index is 821. The first-order chi connectivity index (χ1) is 22.5. The number of hydrogen-bond donors (Lipinski definition) is 1. The second-order valence-corrected chi connectivity index (χ2v) is 15.4. The minimum atomic E-state index is -0.488. The molecule has 0 bridgehead atoms. The summed E-state index contributed by atoms with van der Waals surface area (Å²) in [5.74, 6) is 5.53. The molecule has 1 N–H and O–H groups in total. The first-order valence-electron chi connectivity index (χ1n) is 19.9. The van der Waals surface area contributed by atoms with Crippen molar-refractivity contribution in [2.45, 2.75) is 205 Å². The molecule has 4 aliphatic rings. The van der Waals surface area contributed by atoms with Gasteiger partial charge in [0.15, 0.2) is 0 Å². The lowest BCUT2D eigenvalue weighted by atomic mass is 9.45. The van der Waals surface area contributed by atoms with Crippen LogP contribution >= 0.6 is 0 Å². The van der Waals surface area contributed by atoms with Gasteiger partial charge in [0.05, 0.1) is 5.60 Å². The molecule has 4 aliphatic carbocycles. The second-order valence-electron chi connectivity index (χ2n) is 15.4. The monoisotopic (exact) mass is 669 g/mol. The van der Waals surface area contributed by atoms with Crippen LogP contribution in [-0.2, 0) is 0 Å². The Morgan fingerprint density at radius 3 is 1.88 bits per heavy atom. The fraction of sp³-hybridized carbons (Fsp3) is 0.830. The fourth-order valence-electron chi connectivity index (χ4n) is 9.68. The summed E-state index contributed by atoms with van der Waals surface area (Å²) in [5.41, 5.74) is 2.54. The van der Waals surface area contributed by atoms with E-state index in [4.69, 9.17) is 0 Å². The summed E-state index contributed by atoms with van der Waals surface area (Å²) in [5, 5.41) is 10.0. The maximum atomic E-state index is 10.0. The molecule has 0 aromatic carbocycles. The fourth-order valence-corrected chi connectivity index (χ4v) is 9.68. The van der Waals surface area contributed by atoms with E-state index in [9.17, 15) is 5.11 Å². The standard InChI is InChI=1S/C27H46O.C9H20.2C2H6.3C2H2.CH4/c1-19-9-8-11-22-21(19)13-15-24-23-14-12-20(10-6-7-16-25(2,3)28)26(23,4)17-18-27(22,24)5;1-4-6-8-9(3)7-5-2;5*1-2;/h13,19-20,22-24,28H,6-12,14-18H2,1-5H3;9H,4-8H2,1-3H3;2*1-2H3;3*1-2H;1H4. The van der Waals surface area contributed by atoms with Crippen molar-refractivity contribution >= 4 is 0 Å². The van der Waals surface area contributed by atoms with E-state index in [2.05, 4.69) is 86.2 Å². The number of aliphatic hydroxyl groups is 1.